The lowest BCUT2D eigenvalue weighted by Gasteiger charge is -2.28. The molecule has 1 fully saturated rings. The summed E-state index contributed by atoms with van der Waals surface area (Å²) in [5.74, 6) is 0. The molecule has 0 spiro atoms. The van der Waals surface area contributed by atoms with Crippen molar-refractivity contribution in [1.29, 1.82) is 0 Å². The first-order chi connectivity index (χ1) is 16.8. The number of hydrogen-bond acceptors (Lipinski definition) is 2. The van der Waals surface area contributed by atoms with Crippen LogP contribution in [0.15, 0.2) is 71.3 Å². The van der Waals surface area contributed by atoms with E-state index in [1.165, 1.54) is 11.1 Å². The molecule has 5 rings (SSSR count). The first kappa shape index (κ1) is 24.0. The number of nitrogens with one attached hydrogen (secondary N) is 1. The topological polar surface area (TPSA) is 33.1 Å². The highest BCUT2D eigenvalue weighted by Gasteiger charge is 2.42. The molecule has 178 valence electrons. The summed E-state index contributed by atoms with van der Waals surface area (Å²) in [6, 6.07) is 20.5. The molecule has 3 heterocycles. The molecule has 0 unspecified atom stereocenters. The third-order valence-corrected chi connectivity index (χ3v) is 8.16. The number of thiocarbonyl (C=S) groups is 1. The first-order valence-electron chi connectivity index (χ1n) is 11.5. The number of hydrogen-bond donors (Lipinski definition) is 1. The Balaban J connectivity index is 1.71. The summed E-state index contributed by atoms with van der Waals surface area (Å²) in [7, 11) is 0. The summed E-state index contributed by atoms with van der Waals surface area (Å²) in [6.45, 7) is 8.52. The highest BCUT2D eigenvalue weighted by atomic mass is 79.9. The fraction of sp³-hybridized carbons (Fsp3) is 0.214. The molecule has 7 heteroatoms. The molecule has 0 radical (unpaired) electrons. The molecule has 2 aromatic heterocycles. The van der Waals surface area contributed by atoms with Crippen molar-refractivity contribution in [3.63, 3.8) is 0 Å². The van der Waals surface area contributed by atoms with Gasteiger partial charge in [-0.3, -0.25) is 4.98 Å². The van der Waals surface area contributed by atoms with E-state index in [2.05, 4.69) is 94.8 Å². The Morgan fingerprint density at radius 2 is 1.77 bits per heavy atom. The molecular formula is C28H26BrClN4S. The minimum Gasteiger partial charge on any atom is -0.351 e. The number of pyridine rings is 1. The third-order valence-electron chi connectivity index (χ3n) is 6.72. The van der Waals surface area contributed by atoms with Crippen molar-refractivity contribution in [3.8, 4) is 5.69 Å². The molecule has 1 N–H and O–H groups in total. The molecule has 0 amide bonds. The van der Waals surface area contributed by atoms with Crippen molar-refractivity contribution in [3.05, 3.63) is 110 Å². The lowest BCUT2D eigenvalue weighted by Crippen LogP contribution is -2.29. The molecule has 2 aromatic carbocycles. The second-order valence-corrected chi connectivity index (χ2v) is 10.7. The van der Waals surface area contributed by atoms with E-state index in [0.717, 1.165) is 43.5 Å². The summed E-state index contributed by atoms with van der Waals surface area (Å²) in [5, 5.41) is 4.99. The predicted molar refractivity (Wildman–Crippen MR) is 152 cm³/mol. The number of halogens is 2. The molecule has 0 saturated carbocycles. The van der Waals surface area contributed by atoms with Gasteiger partial charge in [0, 0.05) is 38.5 Å². The van der Waals surface area contributed by atoms with Gasteiger partial charge in [0.05, 0.1) is 17.8 Å². The summed E-state index contributed by atoms with van der Waals surface area (Å²) >= 11 is 15.9. The molecule has 1 aliphatic rings. The van der Waals surface area contributed by atoms with Crippen molar-refractivity contribution in [2.45, 2.75) is 39.8 Å². The second kappa shape index (κ2) is 9.41. The number of benzene rings is 2. The molecule has 1 saturated heterocycles. The van der Waals surface area contributed by atoms with Crippen LogP contribution in [0.25, 0.3) is 5.69 Å². The maximum atomic E-state index is 6.40. The standard InChI is InChI=1S/C28H26BrClN4S/c1-16-8-9-20(30)15-25(16)33-18(3)14-22(19(33)4)27-26(24-7-5-6-12-31-24)32-28(35)34(27)21-10-11-23(29)17(2)13-21/h5-15,26-27H,1-4H3,(H,32,35)/t26-,27-/m0/s1. The van der Waals surface area contributed by atoms with E-state index < -0.39 is 0 Å². The third kappa shape index (κ3) is 4.28. The number of anilines is 1. The van der Waals surface area contributed by atoms with Gasteiger partial charge in [-0.05, 0) is 105 Å². The Bertz CT molecular complexity index is 1430. The molecule has 4 aromatic rings. The molecular weight excluding hydrogens is 540 g/mol. The maximum absolute atomic E-state index is 6.40. The van der Waals surface area contributed by atoms with E-state index >= 15 is 0 Å². The van der Waals surface area contributed by atoms with Gasteiger partial charge in [0.1, 0.15) is 0 Å². The number of rotatable bonds is 4. The van der Waals surface area contributed by atoms with E-state index in [1.54, 1.807) is 0 Å². The lowest BCUT2D eigenvalue weighted by molar-refractivity contribution is 0.565. The van der Waals surface area contributed by atoms with Crippen LogP contribution in [0, 0.1) is 27.7 Å². The summed E-state index contributed by atoms with van der Waals surface area (Å²) in [6.07, 6.45) is 1.84. The summed E-state index contributed by atoms with van der Waals surface area (Å²) < 4.78 is 3.37. The van der Waals surface area contributed by atoms with E-state index in [1.807, 2.05) is 30.5 Å². The van der Waals surface area contributed by atoms with E-state index in [4.69, 9.17) is 28.8 Å². The number of nitrogens with zero attached hydrogens (tertiary/aromatic N) is 3. The van der Waals surface area contributed by atoms with Crippen LogP contribution >= 0.6 is 39.7 Å². The van der Waals surface area contributed by atoms with Crippen LogP contribution in [-0.4, -0.2) is 14.7 Å². The van der Waals surface area contributed by atoms with Gasteiger partial charge in [-0.2, -0.15) is 0 Å². The molecule has 0 bridgehead atoms. The fourth-order valence-electron chi connectivity index (χ4n) is 5.01. The van der Waals surface area contributed by atoms with Crippen molar-refractivity contribution in [1.82, 2.24) is 14.9 Å². The highest BCUT2D eigenvalue weighted by molar-refractivity contribution is 9.10. The zero-order valence-corrected chi connectivity index (χ0v) is 23.2. The van der Waals surface area contributed by atoms with Gasteiger partial charge >= 0.3 is 0 Å². The Hall–Kier alpha value is -2.67. The fourth-order valence-corrected chi connectivity index (χ4v) is 5.77. The monoisotopic (exact) mass is 564 g/mol. The average Bonchev–Trinajstić information content (AvgIpc) is 3.33. The molecule has 1 aliphatic heterocycles. The Morgan fingerprint density at radius 1 is 0.971 bits per heavy atom. The number of aromatic nitrogens is 2. The van der Waals surface area contributed by atoms with Gasteiger partial charge in [-0.1, -0.05) is 39.7 Å². The minimum atomic E-state index is -0.0953. The van der Waals surface area contributed by atoms with Crippen molar-refractivity contribution >= 4 is 50.5 Å². The zero-order valence-electron chi connectivity index (χ0n) is 20.0. The van der Waals surface area contributed by atoms with Gasteiger partial charge in [-0.25, -0.2) is 0 Å². The summed E-state index contributed by atoms with van der Waals surface area (Å²) in [4.78, 5) is 6.92. The highest BCUT2D eigenvalue weighted by Crippen LogP contribution is 2.44. The Labute approximate surface area is 225 Å². The van der Waals surface area contributed by atoms with E-state index in [9.17, 15) is 0 Å². The van der Waals surface area contributed by atoms with Gasteiger partial charge in [-0.15, -0.1) is 0 Å². The molecule has 4 nitrogen and oxygen atoms in total. The largest absolute Gasteiger partial charge is 0.351 e. The van der Waals surface area contributed by atoms with Crippen molar-refractivity contribution in [2.75, 3.05) is 4.90 Å². The van der Waals surface area contributed by atoms with E-state index in [-0.39, 0.29) is 12.1 Å². The quantitative estimate of drug-likeness (QED) is 0.257. The van der Waals surface area contributed by atoms with Crippen LogP contribution in [-0.2, 0) is 0 Å². The normalized spacial score (nSPS) is 17.7. The van der Waals surface area contributed by atoms with E-state index in [0.29, 0.717) is 5.11 Å². The van der Waals surface area contributed by atoms with Crippen molar-refractivity contribution in [2.24, 2.45) is 0 Å². The average molecular weight is 566 g/mol. The summed E-state index contributed by atoms with van der Waals surface area (Å²) in [5.41, 5.74) is 8.93. The van der Waals surface area contributed by atoms with Gasteiger partial charge < -0.3 is 14.8 Å². The maximum Gasteiger partial charge on any atom is 0.174 e. The second-order valence-electron chi connectivity index (χ2n) is 9.02. The molecule has 2 atom stereocenters. The smallest absolute Gasteiger partial charge is 0.174 e. The van der Waals surface area contributed by atoms with Crippen LogP contribution in [0.5, 0.6) is 0 Å². The zero-order chi connectivity index (χ0) is 24.9. The van der Waals surface area contributed by atoms with Crippen LogP contribution in [0.2, 0.25) is 5.02 Å². The van der Waals surface area contributed by atoms with Crippen molar-refractivity contribution < 1.29 is 0 Å². The molecule has 0 aliphatic carbocycles. The van der Waals surface area contributed by atoms with Gasteiger partial charge in [0.25, 0.3) is 0 Å². The minimum absolute atomic E-state index is 0.0718. The Kier molecular flexibility index (Phi) is 6.47. The van der Waals surface area contributed by atoms with Gasteiger partial charge in [0.15, 0.2) is 5.11 Å². The van der Waals surface area contributed by atoms with Crippen LogP contribution in [0.1, 0.15) is 45.9 Å². The Morgan fingerprint density at radius 3 is 2.49 bits per heavy atom. The lowest BCUT2D eigenvalue weighted by atomic mass is 9.96. The van der Waals surface area contributed by atoms with Crippen LogP contribution in [0.4, 0.5) is 5.69 Å². The number of aryl methyl sites for hydroxylation is 3. The first-order valence-corrected chi connectivity index (χ1v) is 13.1. The SMILES string of the molecule is Cc1cc(N2C(=S)N[C@@H](c3ccccn3)[C@@H]2c2cc(C)n(-c3cc(Cl)ccc3C)c2C)ccc1Br. The molecule has 35 heavy (non-hydrogen) atoms. The van der Waals surface area contributed by atoms with Gasteiger partial charge in [0.2, 0.25) is 0 Å². The van der Waals surface area contributed by atoms with Crippen LogP contribution < -0.4 is 10.2 Å². The van der Waals surface area contributed by atoms with Crippen LogP contribution in [0.3, 0.4) is 0 Å². The predicted octanol–water partition coefficient (Wildman–Crippen LogP) is 7.70.